The number of aliphatic carboxylic acids is 1. The summed E-state index contributed by atoms with van der Waals surface area (Å²) >= 11 is 1.37. The van der Waals surface area contributed by atoms with Crippen LogP contribution in [0.5, 0.6) is 0 Å². The Morgan fingerprint density at radius 3 is 2.60 bits per heavy atom. The Labute approximate surface area is 119 Å². The quantitative estimate of drug-likeness (QED) is 0.926. The summed E-state index contributed by atoms with van der Waals surface area (Å²) in [6, 6.07) is 0. The van der Waals surface area contributed by atoms with Crippen molar-refractivity contribution in [1.82, 2.24) is 14.5 Å². The molecular formula is C13H15N3O3S. The third-order valence-electron chi connectivity index (χ3n) is 3.05. The molecule has 0 saturated heterocycles. The lowest BCUT2D eigenvalue weighted by molar-refractivity contribution is -0.136. The average molecular weight is 293 g/mol. The molecule has 0 bridgehead atoms. The topological polar surface area (TPSA) is 85.1 Å². The Morgan fingerprint density at radius 2 is 2.05 bits per heavy atom. The maximum absolute atomic E-state index is 12.1. The van der Waals surface area contributed by atoms with Gasteiger partial charge >= 0.3 is 11.7 Å². The molecule has 20 heavy (non-hydrogen) atoms. The average Bonchev–Trinajstić information content (AvgIpc) is 2.74. The van der Waals surface area contributed by atoms with E-state index in [0.717, 1.165) is 11.3 Å². The second kappa shape index (κ2) is 5.54. The molecule has 0 aliphatic heterocycles. The van der Waals surface area contributed by atoms with E-state index < -0.39 is 5.97 Å². The molecular weight excluding hydrogens is 278 g/mol. The van der Waals surface area contributed by atoms with Crippen molar-refractivity contribution in [2.45, 2.75) is 33.6 Å². The Bertz CT molecular complexity index is 718. The summed E-state index contributed by atoms with van der Waals surface area (Å²) in [7, 11) is 0. The zero-order valence-electron chi connectivity index (χ0n) is 11.5. The van der Waals surface area contributed by atoms with Gasteiger partial charge in [-0.2, -0.15) is 4.98 Å². The minimum absolute atomic E-state index is 0.0124. The molecule has 0 aromatic carbocycles. The predicted molar refractivity (Wildman–Crippen MR) is 75.7 cm³/mol. The minimum atomic E-state index is -0.869. The Morgan fingerprint density at radius 1 is 1.35 bits per heavy atom. The van der Waals surface area contributed by atoms with Crippen molar-refractivity contribution < 1.29 is 9.90 Å². The predicted octanol–water partition coefficient (Wildman–Crippen LogP) is 1.63. The molecule has 7 heteroatoms. The van der Waals surface area contributed by atoms with Gasteiger partial charge in [-0.05, 0) is 32.8 Å². The van der Waals surface area contributed by atoms with Gasteiger partial charge in [0, 0.05) is 23.2 Å². The maximum atomic E-state index is 12.1. The number of rotatable bonds is 4. The van der Waals surface area contributed by atoms with Gasteiger partial charge in [0.2, 0.25) is 0 Å². The van der Waals surface area contributed by atoms with E-state index in [2.05, 4.69) is 9.97 Å². The number of carbonyl (C=O) groups is 1. The van der Waals surface area contributed by atoms with Gasteiger partial charge in [0.15, 0.2) is 5.13 Å². The van der Waals surface area contributed by atoms with E-state index >= 15 is 0 Å². The van der Waals surface area contributed by atoms with Gasteiger partial charge in [0.25, 0.3) is 0 Å². The van der Waals surface area contributed by atoms with Gasteiger partial charge in [0.05, 0.1) is 5.69 Å². The summed E-state index contributed by atoms with van der Waals surface area (Å²) in [6.45, 7) is 5.38. The molecule has 2 rings (SSSR count). The van der Waals surface area contributed by atoms with Crippen molar-refractivity contribution in [2.75, 3.05) is 0 Å². The van der Waals surface area contributed by atoms with Gasteiger partial charge in [-0.15, -0.1) is 11.3 Å². The fraction of sp³-hybridized carbons (Fsp3) is 0.385. The second-order valence-corrected chi connectivity index (χ2v) is 5.38. The number of aryl methyl sites for hydroxylation is 2. The SMILES string of the molecule is Cc1csc(-n2c(C)c(CCC(=O)O)c(C)nc2=O)n1. The van der Waals surface area contributed by atoms with Crippen molar-refractivity contribution >= 4 is 17.3 Å². The molecule has 2 heterocycles. The van der Waals surface area contributed by atoms with Crippen LogP contribution in [0.3, 0.4) is 0 Å². The summed E-state index contributed by atoms with van der Waals surface area (Å²) < 4.78 is 1.45. The molecule has 0 unspecified atom stereocenters. The van der Waals surface area contributed by atoms with Crippen LogP contribution in [0, 0.1) is 20.8 Å². The van der Waals surface area contributed by atoms with Crippen LogP contribution in [0.25, 0.3) is 5.13 Å². The highest BCUT2D eigenvalue weighted by atomic mass is 32.1. The van der Waals surface area contributed by atoms with Gasteiger partial charge in [0.1, 0.15) is 0 Å². The third-order valence-corrected chi connectivity index (χ3v) is 3.99. The molecule has 2 aromatic heterocycles. The van der Waals surface area contributed by atoms with Gasteiger partial charge < -0.3 is 5.11 Å². The number of aromatic nitrogens is 3. The Kier molecular flexibility index (Phi) is 3.99. The largest absolute Gasteiger partial charge is 0.481 e. The molecule has 1 N–H and O–H groups in total. The number of thiazole rings is 1. The Hall–Kier alpha value is -2.02. The second-order valence-electron chi connectivity index (χ2n) is 4.54. The highest BCUT2D eigenvalue weighted by Crippen LogP contribution is 2.18. The summed E-state index contributed by atoms with van der Waals surface area (Å²) in [5.74, 6) is -0.869. The van der Waals surface area contributed by atoms with Crippen LogP contribution < -0.4 is 5.69 Å². The van der Waals surface area contributed by atoms with Gasteiger partial charge in [-0.3, -0.25) is 4.79 Å². The molecule has 0 radical (unpaired) electrons. The van der Waals surface area contributed by atoms with Gasteiger partial charge in [-0.1, -0.05) is 0 Å². The van der Waals surface area contributed by atoms with Crippen LogP contribution in [0.1, 0.15) is 29.1 Å². The van der Waals surface area contributed by atoms with E-state index in [4.69, 9.17) is 5.11 Å². The van der Waals surface area contributed by atoms with Crippen LogP contribution in [0.4, 0.5) is 0 Å². The lowest BCUT2D eigenvalue weighted by Gasteiger charge is -2.12. The first-order valence-corrected chi connectivity index (χ1v) is 7.01. The van der Waals surface area contributed by atoms with Crippen LogP contribution >= 0.6 is 11.3 Å². The first kappa shape index (κ1) is 14.4. The van der Waals surface area contributed by atoms with E-state index in [1.54, 1.807) is 13.8 Å². The molecule has 106 valence electrons. The van der Waals surface area contributed by atoms with Crippen LogP contribution in [0.15, 0.2) is 10.2 Å². The molecule has 0 atom stereocenters. The van der Waals surface area contributed by atoms with Crippen LogP contribution in [-0.4, -0.2) is 25.6 Å². The smallest absolute Gasteiger partial charge is 0.354 e. The summed E-state index contributed by atoms with van der Waals surface area (Å²) in [6.07, 6.45) is 0.364. The Balaban J connectivity index is 2.55. The molecule has 0 amide bonds. The minimum Gasteiger partial charge on any atom is -0.481 e. The van der Waals surface area contributed by atoms with Crippen molar-refractivity contribution in [2.24, 2.45) is 0 Å². The molecule has 2 aromatic rings. The number of hydrogen-bond donors (Lipinski definition) is 1. The molecule has 6 nitrogen and oxygen atoms in total. The zero-order valence-corrected chi connectivity index (χ0v) is 12.3. The lowest BCUT2D eigenvalue weighted by atomic mass is 10.1. The van der Waals surface area contributed by atoms with Crippen molar-refractivity contribution in [1.29, 1.82) is 0 Å². The highest BCUT2D eigenvalue weighted by Gasteiger charge is 2.15. The molecule has 0 fully saturated rings. The molecule has 0 spiro atoms. The van der Waals surface area contributed by atoms with E-state index in [0.29, 0.717) is 22.9 Å². The summed E-state index contributed by atoms with van der Waals surface area (Å²) in [5.41, 5.74) is 2.54. The molecule has 0 aliphatic carbocycles. The fourth-order valence-corrected chi connectivity index (χ4v) is 2.91. The number of carboxylic acid groups (broad SMARTS) is 1. The number of hydrogen-bond acceptors (Lipinski definition) is 5. The van der Waals surface area contributed by atoms with E-state index in [1.807, 2.05) is 12.3 Å². The summed E-state index contributed by atoms with van der Waals surface area (Å²) in [5, 5.41) is 11.2. The van der Waals surface area contributed by atoms with Crippen molar-refractivity contribution in [3.05, 3.63) is 38.5 Å². The molecule has 0 aliphatic rings. The number of nitrogens with zero attached hydrogens (tertiary/aromatic N) is 3. The van der Waals surface area contributed by atoms with Crippen LogP contribution in [0.2, 0.25) is 0 Å². The number of carboxylic acids is 1. The monoisotopic (exact) mass is 293 g/mol. The zero-order chi connectivity index (χ0) is 14.9. The normalized spacial score (nSPS) is 10.8. The molecule has 0 saturated carbocycles. The van der Waals surface area contributed by atoms with E-state index in [1.165, 1.54) is 15.9 Å². The fourth-order valence-electron chi connectivity index (χ4n) is 2.06. The lowest BCUT2D eigenvalue weighted by Crippen LogP contribution is -2.26. The standard InChI is InChI=1S/C13H15N3O3S/c1-7-6-20-13(14-7)16-9(3)10(4-5-11(17)18)8(2)15-12(16)19/h6H,4-5H2,1-3H3,(H,17,18). The van der Waals surface area contributed by atoms with Crippen molar-refractivity contribution in [3.63, 3.8) is 0 Å². The van der Waals surface area contributed by atoms with E-state index in [9.17, 15) is 9.59 Å². The first-order chi connectivity index (χ1) is 9.40. The third kappa shape index (κ3) is 2.77. The first-order valence-electron chi connectivity index (χ1n) is 6.13. The highest BCUT2D eigenvalue weighted by molar-refractivity contribution is 7.12. The van der Waals surface area contributed by atoms with Crippen LogP contribution in [-0.2, 0) is 11.2 Å². The summed E-state index contributed by atoms with van der Waals surface area (Å²) in [4.78, 5) is 31.1. The van der Waals surface area contributed by atoms with E-state index in [-0.39, 0.29) is 12.1 Å². The van der Waals surface area contributed by atoms with Crippen molar-refractivity contribution in [3.8, 4) is 5.13 Å². The van der Waals surface area contributed by atoms with Gasteiger partial charge in [-0.25, -0.2) is 14.3 Å². The maximum Gasteiger partial charge on any atom is 0.354 e.